The minimum Gasteiger partial charge on any atom is -0.309 e. The van der Waals surface area contributed by atoms with Gasteiger partial charge in [-0.2, -0.15) is 0 Å². The fourth-order valence-electron chi connectivity index (χ4n) is 0.553. The van der Waals surface area contributed by atoms with Crippen molar-refractivity contribution in [3.05, 3.63) is 6.92 Å². The Bertz CT molecular complexity index is 48.9. The topological polar surface area (TPSA) is 0 Å². The molecular weight excluding hydrogens is 179 g/mol. The summed E-state index contributed by atoms with van der Waals surface area (Å²) in [6.07, 6.45) is 3.72. The Balaban J connectivity index is 0. The van der Waals surface area contributed by atoms with Crippen LogP contribution in [0.5, 0.6) is 0 Å². The second-order valence-electron chi connectivity index (χ2n) is 2.49. The Labute approximate surface area is 81.9 Å². The monoisotopic (exact) mass is 193 g/mol. The Kier molecular flexibility index (Phi) is 18.0. The lowest BCUT2D eigenvalue weighted by Gasteiger charge is -1.98. The van der Waals surface area contributed by atoms with Crippen LogP contribution in [0.25, 0.3) is 0 Å². The molecule has 0 spiro atoms. The lowest BCUT2D eigenvalue weighted by atomic mass is 10.1. The van der Waals surface area contributed by atoms with Gasteiger partial charge < -0.3 is 18.1 Å². The maximum absolute atomic E-state index is 4.90. The van der Waals surface area contributed by atoms with Crippen molar-refractivity contribution in [1.29, 1.82) is 0 Å². The molecule has 10 heavy (non-hydrogen) atoms. The highest BCUT2D eigenvalue weighted by molar-refractivity contribution is 7.22. The van der Waals surface area contributed by atoms with Crippen molar-refractivity contribution in [2.75, 3.05) is 0 Å². The normalized spacial score (nSPS) is 8.20. The summed E-state index contributed by atoms with van der Waals surface area (Å²) in [6.45, 7) is 8.25. The summed E-state index contributed by atoms with van der Waals surface area (Å²) in [7, 11) is 9.81. The first-order chi connectivity index (χ1) is 4.68. The Morgan fingerprint density at radius 2 is 1.80 bits per heavy atom. The third-order valence-electron chi connectivity index (χ3n) is 1.03. The van der Waals surface area contributed by atoms with E-state index in [1.54, 1.807) is 0 Å². The maximum Gasteiger partial charge on any atom is 0.618 e. The van der Waals surface area contributed by atoms with Crippen molar-refractivity contribution in [2.24, 2.45) is 5.92 Å². The predicted octanol–water partition coefficient (Wildman–Crippen LogP) is 3.64. The van der Waals surface area contributed by atoms with Gasteiger partial charge in [0.1, 0.15) is 0 Å². The second kappa shape index (κ2) is 13.0. The van der Waals surface area contributed by atoms with E-state index >= 15 is 0 Å². The molecule has 59 valence electrons. The van der Waals surface area contributed by atoms with Gasteiger partial charge in [0.05, 0.1) is 0 Å². The number of rotatable bonds is 3. The molecule has 0 bridgehead atoms. The summed E-state index contributed by atoms with van der Waals surface area (Å²) in [5, 5.41) is 0. The average Bonchev–Trinajstić information content (AvgIpc) is 1.85. The number of halogens is 2. The third kappa shape index (κ3) is 22.8. The smallest absolute Gasteiger partial charge is 0.309 e. The number of unbranched alkanes of at least 4 members (excludes halogenated alkanes) is 1. The number of hydrogen-bond donors (Lipinski definition) is 0. The molecule has 0 fully saturated rings. The fourth-order valence-corrected chi connectivity index (χ4v) is 0.553. The zero-order valence-electron chi connectivity index (χ0n) is 6.87. The average molecular weight is 194 g/mol. The third-order valence-corrected chi connectivity index (χ3v) is 1.03. The van der Waals surface area contributed by atoms with Gasteiger partial charge in [0.15, 0.2) is 0 Å². The molecule has 0 rings (SSSR count). The van der Waals surface area contributed by atoms with Crippen LogP contribution in [0.2, 0.25) is 0 Å². The van der Waals surface area contributed by atoms with E-state index in [-0.39, 0.29) is 0 Å². The molecule has 0 aromatic heterocycles. The van der Waals surface area contributed by atoms with Crippen molar-refractivity contribution >= 4 is 36.3 Å². The molecule has 0 unspecified atom stereocenters. The van der Waals surface area contributed by atoms with Crippen LogP contribution in [-0.4, -0.2) is 18.2 Å². The van der Waals surface area contributed by atoms with E-state index in [9.17, 15) is 0 Å². The lowest BCUT2D eigenvalue weighted by Crippen LogP contribution is -1.84. The lowest BCUT2D eigenvalue weighted by molar-refractivity contribution is 0.559. The van der Waals surface area contributed by atoms with Gasteiger partial charge in [0.2, 0.25) is 0 Å². The first kappa shape index (κ1) is 13.9. The van der Waals surface area contributed by atoms with Gasteiger partial charge in [-0.15, -0.1) is 0 Å². The van der Waals surface area contributed by atoms with Crippen LogP contribution < -0.4 is 0 Å². The molecule has 0 aromatic rings. The summed E-state index contributed by atoms with van der Waals surface area (Å²) >= 11 is -0.639. The van der Waals surface area contributed by atoms with Crippen LogP contribution in [0.1, 0.15) is 33.1 Å². The molecule has 0 N–H and O–H groups in total. The van der Waals surface area contributed by atoms with E-state index in [0.29, 0.717) is 0 Å². The standard InChI is InChI=1S/C7H15.2ClH.Mg/c1-4-5-6-7(2)3;;;/h7H,1,4-6H2,2-3H3;2*1H;/q;;;+2/p-2. The van der Waals surface area contributed by atoms with Crippen LogP contribution in [0.3, 0.4) is 0 Å². The van der Waals surface area contributed by atoms with Gasteiger partial charge in [0.25, 0.3) is 0 Å². The zero-order chi connectivity index (χ0) is 8.41. The highest BCUT2D eigenvalue weighted by Gasteiger charge is 1.88. The molecule has 0 aliphatic rings. The molecule has 0 saturated heterocycles. The van der Waals surface area contributed by atoms with E-state index in [1.807, 2.05) is 0 Å². The minimum absolute atomic E-state index is 0.639. The molecular formula is C7H15Cl2Mg. The SMILES string of the molecule is [CH2]CCCC(C)C.[Cl][Mg][Cl]. The predicted molar refractivity (Wildman–Crippen MR) is 51.5 cm³/mol. The summed E-state index contributed by atoms with van der Waals surface area (Å²) in [6, 6.07) is 0. The van der Waals surface area contributed by atoms with E-state index < -0.39 is 18.2 Å². The molecule has 0 saturated carbocycles. The quantitative estimate of drug-likeness (QED) is 0.602. The first-order valence-corrected chi connectivity index (χ1v) is 7.87. The summed E-state index contributed by atoms with van der Waals surface area (Å²) < 4.78 is 0. The maximum atomic E-state index is 4.90. The number of hydrogen-bond acceptors (Lipinski definition) is 0. The van der Waals surface area contributed by atoms with Crippen molar-refractivity contribution in [2.45, 2.75) is 33.1 Å². The van der Waals surface area contributed by atoms with Gasteiger partial charge in [-0.25, -0.2) is 0 Å². The molecule has 0 aromatic carbocycles. The Morgan fingerprint density at radius 1 is 1.40 bits per heavy atom. The fraction of sp³-hybridized carbons (Fsp3) is 0.857. The van der Waals surface area contributed by atoms with Crippen LogP contribution in [0.4, 0.5) is 0 Å². The van der Waals surface area contributed by atoms with Crippen LogP contribution in [-0.2, 0) is 0 Å². The van der Waals surface area contributed by atoms with Gasteiger partial charge in [-0.05, 0) is 5.92 Å². The highest BCUT2D eigenvalue weighted by Crippen LogP contribution is 2.04. The van der Waals surface area contributed by atoms with Crippen molar-refractivity contribution in [1.82, 2.24) is 0 Å². The highest BCUT2D eigenvalue weighted by atomic mass is 35.6. The van der Waals surface area contributed by atoms with Crippen molar-refractivity contribution in [3.63, 3.8) is 0 Å². The first-order valence-electron chi connectivity index (χ1n) is 3.60. The molecule has 0 heterocycles. The Hall–Kier alpha value is 1.35. The van der Waals surface area contributed by atoms with Gasteiger partial charge in [-0.3, -0.25) is 0 Å². The summed E-state index contributed by atoms with van der Waals surface area (Å²) in [5.41, 5.74) is 0. The summed E-state index contributed by atoms with van der Waals surface area (Å²) in [4.78, 5) is 0. The second-order valence-corrected chi connectivity index (χ2v) is 5.12. The van der Waals surface area contributed by atoms with E-state index in [2.05, 4.69) is 20.8 Å². The molecule has 0 atom stereocenters. The van der Waals surface area contributed by atoms with Crippen LogP contribution in [0.15, 0.2) is 0 Å². The molecule has 0 amide bonds. The molecule has 1 radical (unpaired) electrons. The molecule has 0 aliphatic carbocycles. The van der Waals surface area contributed by atoms with Crippen LogP contribution >= 0.6 is 18.1 Å². The molecule has 3 heteroatoms. The summed E-state index contributed by atoms with van der Waals surface area (Å²) in [5.74, 6) is 0.863. The molecule has 0 aliphatic heterocycles. The van der Waals surface area contributed by atoms with Crippen molar-refractivity contribution in [3.8, 4) is 0 Å². The Morgan fingerprint density at radius 3 is 1.90 bits per heavy atom. The van der Waals surface area contributed by atoms with E-state index in [4.69, 9.17) is 18.1 Å². The zero-order valence-corrected chi connectivity index (χ0v) is 9.79. The van der Waals surface area contributed by atoms with E-state index in [0.717, 1.165) is 12.3 Å². The van der Waals surface area contributed by atoms with Gasteiger partial charge >= 0.3 is 18.2 Å². The largest absolute Gasteiger partial charge is 0.618 e. The molecule has 0 nitrogen and oxygen atoms in total. The van der Waals surface area contributed by atoms with Crippen molar-refractivity contribution < 1.29 is 0 Å². The van der Waals surface area contributed by atoms with Gasteiger partial charge in [0, 0.05) is 0 Å². The van der Waals surface area contributed by atoms with Gasteiger partial charge in [-0.1, -0.05) is 40.0 Å². The minimum atomic E-state index is -0.639. The van der Waals surface area contributed by atoms with Crippen LogP contribution in [0, 0.1) is 12.8 Å². The van der Waals surface area contributed by atoms with E-state index in [1.165, 1.54) is 12.8 Å².